The summed E-state index contributed by atoms with van der Waals surface area (Å²) >= 11 is 0. The van der Waals surface area contributed by atoms with Crippen molar-refractivity contribution in [1.82, 2.24) is 10.2 Å². The summed E-state index contributed by atoms with van der Waals surface area (Å²) in [5.41, 5.74) is 12.8. The first-order valence-electron chi connectivity index (χ1n) is 9.90. The number of ether oxygens (including phenoxy) is 2. The van der Waals surface area contributed by atoms with Gasteiger partial charge in [0, 0.05) is 38.5 Å². The van der Waals surface area contributed by atoms with Gasteiger partial charge in [0.1, 0.15) is 11.6 Å². The summed E-state index contributed by atoms with van der Waals surface area (Å²) in [4.78, 5) is 26.8. The molecule has 2 aromatic carbocycles. The van der Waals surface area contributed by atoms with E-state index in [1.54, 1.807) is 19.2 Å². The number of hydrogen-bond acceptors (Lipinski definition) is 6. The molecule has 31 heavy (non-hydrogen) atoms. The number of nitrogen functional groups attached to an aromatic ring is 1. The van der Waals surface area contributed by atoms with Crippen molar-refractivity contribution in [1.29, 1.82) is 0 Å². The normalized spacial score (nSPS) is 19.1. The lowest BCUT2D eigenvalue weighted by Crippen LogP contribution is -2.54. The molecule has 2 amide bonds. The zero-order valence-electron chi connectivity index (χ0n) is 17.6. The molecule has 0 aromatic heterocycles. The summed E-state index contributed by atoms with van der Waals surface area (Å²) in [6.07, 6.45) is 0.415. The number of carbonyl (C=O) groups excluding carboxylic acids is 2. The van der Waals surface area contributed by atoms with Gasteiger partial charge in [-0.05, 0) is 30.2 Å². The SMILES string of the molecule is COc1cc(N)c(C(=O)NC2CCN(Cc3ccc(F)cc3)CC2OC)cc1C(N)=O. The molecule has 1 fully saturated rings. The number of nitrogens with zero attached hydrogens (tertiary/aromatic N) is 1. The van der Waals surface area contributed by atoms with Crippen molar-refractivity contribution in [3.05, 3.63) is 58.9 Å². The van der Waals surface area contributed by atoms with Gasteiger partial charge >= 0.3 is 0 Å². The molecule has 1 aliphatic heterocycles. The second kappa shape index (κ2) is 9.76. The summed E-state index contributed by atoms with van der Waals surface area (Å²) in [6, 6.07) is 8.92. The van der Waals surface area contributed by atoms with Gasteiger partial charge in [-0.1, -0.05) is 12.1 Å². The fourth-order valence-electron chi connectivity index (χ4n) is 3.78. The molecular formula is C22H27FN4O4. The van der Waals surface area contributed by atoms with Crippen LogP contribution in [0.5, 0.6) is 5.75 Å². The highest BCUT2D eigenvalue weighted by atomic mass is 19.1. The van der Waals surface area contributed by atoms with Crippen LogP contribution in [0.3, 0.4) is 0 Å². The van der Waals surface area contributed by atoms with Crippen LogP contribution in [0.15, 0.2) is 36.4 Å². The third-order valence-electron chi connectivity index (χ3n) is 5.46. The second-order valence-electron chi connectivity index (χ2n) is 7.51. The first kappa shape index (κ1) is 22.5. The van der Waals surface area contributed by atoms with Gasteiger partial charge in [0.25, 0.3) is 11.8 Å². The summed E-state index contributed by atoms with van der Waals surface area (Å²) in [7, 11) is 2.99. The van der Waals surface area contributed by atoms with Gasteiger partial charge in [-0.2, -0.15) is 0 Å². The number of nitrogens with two attached hydrogens (primary N) is 2. The van der Waals surface area contributed by atoms with Crippen LogP contribution in [0.4, 0.5) is 10.1 Å². The number of benzene rings is 2. The van der Waals surface area contributed by atoms with Gasteiger partial charge in [0.05, 0.1) is 30.4 Å². The molecule has 0 saturated carbocycles. The molecule has 2 unspecified atom stereocenters. The standard InChI is InChI=1S/C22H27FN4O4/c1-30-19-10-17(24)15(9-16(19)21(25)28)22(29)26-18-7-8-27(12-20(18)31-2)11-13-3-5-14(23)6-4-13/h3-6,9-10,18,20H,7-8,11-12,24H2,1-2H3,(H2,25,28)(H,26,29). The number of piperidine rings is 1. The molecule has 0 radical (unpaired) electrons. The van der Waals surface area contributed by atoms with Crippen LogP contribution in [0.25, 0.3) is 0 Å². The number of likely N-dealkylation sites (tertiary alicyclic amines) is 1. The topological polar surface area (TPSA) is 120 Å². The molecule has 0 aliphatic carbocycles. The van der Waals surface area contributed by atoms with Crippen LogP contribution >= 0.6 is 0 Å². The maximum atomic E-state index is 13.1. The third kappa shape index (κ3) is 5.31. The predicted molar refractivity (Wildman–Crippen MR) is 114 cm³/mol. The number of hydrogen-bond donors (Lipinski definition) is 3. The van der Waals surface area contributed by atoms with E-state index >= 15 is 0 Å². The molecule has 0 bridgehead atoms. The number of primary amides is 1. The molecule has 8 nitrogen and oxygen atoms in total. The molecule has 2 aromatic rings. The highest BCUT2D eigenvalue weighted by molar-refractivity contribution is 6.04. The van der Waals surface area contributed by atoms with Crippen molar-refractivity contribution in [3.8, 4) is 5.75 Å². The number of nitrogens with one attached hydrogen (secondary N) is 1. The van der Waals surface area contributed by atoms with E-state index in [1.807, 2.05) is 0 Å². The fraction of sp³-hybridized carbons (Fsp3) is 0.364. The van der Waals surface area contributed by atoms with Crippen LogP contribution in [-0.4, -0.2) is 56.2 Å². The first-order chi connectivity index (χ1) is 14.8. The van der Waals surface area contributed by atoms with Crippen LogP contribution in [0, 0.1) is 5.82 Å². The van der Waals surface area contributed by atoms with E-state index in [4.69, 9.17) is 20.9 Å². The summed E-state index contributed by atoms with van der Waals surface area (Å²) in [6.45, 7) is 1.99. The Balaban J connectivity index is 1.68. The molecule has 0 spiro atoms. The highest BCUT2D eigenvalue weighted by Crippen LogP contribution is 2.26. The second-order valence-corrected chi connectivity index (χ2v) is 7.51. The Labute approximate surface area is 180 Å². The van der Waals surface area contributed by atoms with E-state index in [0.29, 0.717) is 19.5 Å². The Bertz CT molecular complexity index is 951. The van der Waals surface area contributed by atoms with E-state index < -0.39 is 11.8 Å². The lowest BCUT2D eigenvalue weighted by atomic mass is 9.99. The number of carbonyl (C=O) groups is 2. The molecule has 1 heterocycles. The Kier molecular flexibility index (Phi) is 7.09. The van der Waals surface area contributed by atoms with Crippen LogP contribution in [-0.2, 0) is 11.3 Å². The molecular weight excluding hydrogens is 403 g/mol. The van der Waals surface area contributed by atoms with E-state index in [1.165, 1.54) is 31.4 Å². The predicted octanol–water partition coefficient (Wildman–Crippen LogP) is 1.53. The van der Waals surface area contributed by atoms with Crippen LogP contribution in [0.2, 0.25) is 0 Å². The van der Waals surface area contributed by atoms with Gasteiger partial charge in [0.2, 0.25) is 0 Å². The van der Waals surface area contributed by atoms with Crippen molar-refractivity contribution < 1.29 is 23.5 Å². The summed E-state index contributed by atoms with van der Waals surface area (Å²) in [5, 5.41) is 2.96. The van der Waals surface area contributed by atoms with Crippen molar-refractivity contribution in [2.24, 2.45) is 5.73 Å². The quantitative estimate of drug-likeness (QED) is 0.573. The van der Waals surface area contributed by atoms with E-state index in [0.717, 1.165) is 12.1 Å². The van der Waals surface area contributed by atoms with Crippen molar-refractivity contribution in [3.63, 3.8) is 0 Å². The summed E-state index contributed by atoms with van der Waals surface area (Å²) in [5.74, 6) is -1.18. The summed E-state index contributed by atoms with van der Waals surface area (Å²) < 4.78 is 23.8. The van der Waals surface area contributed by atoms with Gasteiger partial charge in [0.15, 0.2) is 0 Å². The van der Waals surface area contributed by atoms with Crippen LogP contribution in [0.1, 0.15) is 32.7 Å². The minimum absolute atomic E-state index is 0.0826. The fourth-order valence-corrected chi connectivity index (χ4v) is 3.78. The van der Waals surface area contributed by atoms with Crippen molar-refractivity contribution >= 4 is 17.5 Å². The molecule has 1 aliphatic rings. The maximum Gasteiger partial charge on any atom is 0.253 e. The molecule has 2 atom stereocenters. The lowest BCUT2D eigenvalue weighted by molar-refractivity contribution is 0.00391. The number of anilines is 1. The largest absolute Gasteiger partial charge is 0.496 e. The molecule has 9 heteroatoms. The van der Waals surface area contributed by atoms with Gasteiger partial charge < -0.3 is 26.3 Å². The van der Waals surface area contributed by atoms with Crippen molar-refractivity contribution in [2.45, 2.75) is 25.1 Å². The van der Waals surface area contributed by atoms with Gasteiger partial charge in [-0.25, -0.2) is 4.39 Å². The Hall–Kier alpha value is -3.17. The number of methoxy groups -OCH3 is 2. The third-order valence-corrected chi connectivity index (χ3v) is 5.46. The average molecular weight is 430 g/mol. The minimum Gasteiger partial charge on any atom is -0.496 e. The molecule has 5 N–H and O–H groups in total. The van der Waals surface area contributed by atoms with Gasteiger partial charge in [-0.3, -0.25) is 14.5 Å². The van der Waals surface area contributed by atoms with Crippen LogP contribution < -0.4 is 21.5 Å². The maximum absolute atomic E-state index is 13.1. The number of rotatable bonds is 7. The molecule has 3 rings (SSSR count). The highest BCUT2D eigenvalue weighted by Gasteiger charge is 2.31. The average Bonchev–Trinajstić information content (AvgIpc) is 2.75. The zero-order chi connectivity index (χ0) is 22.5. The van der Waals surface area contributed by atoms with E-state index in [9.17, 15) is 14.0 Å². The zero-order valence-corrected chi connectivity index (χ0v) is 17.6. The Morgan fingerprint density at radius 1 is 1.19 bits per heavy atom. The van der Waals surface area contributed by atoms with E-state index in [-0.39, 0.29) is 40.5 Å². The number of amides is 2. The lowest BCUT2D eigenvalue weighted by Gasteiger charge is -2.38. The molecule has 1 saturated heterocycles. The van der Waals surface area contributed by atoms with E-state index in [2.05, 4.69) is 10.2 Å². The first-order valence-corrected chi connectivity index (χ1v) is 9.90. The minimum atomic E-state index is -0.713. The monoisotopic (exact) mass is 430 g/mol. The number of halogens is 1. The Morgan fingerprint density at radius 2 is 1.90 bits per heavy atom. The van der Waals surface area contributed by atoms with Gasteiger partial charge in [-0.15, -0.1) is 0 Å². The Morgan fingerprint density at radius 3 is 2.52 bits per heavy atom. The smallest absolute Gasteiger partial charge is 0.253 e. The molecule has 166 valence electrons. The van der Waals surface area contributed by atoms with Crippen molar-refractivity contribution in [2.75, 3.05) is 33.0 Å².